The minimum atomic E-state index is -4.67. The minimum Gasteiger partial charge on any atom is -0.434 e. The molecule has 0 spiro atoms. The maximum Gasteiger partial charge on any atom is 0.446 e. The SMILES string of the molecule is O=C(CBr)Cc1cccc(OC(F)F)c1SC(F)(F)F. The molecule has 0 unspecified atom stereocenters. The molecule has 0 aromatic heterocycles. The fourth-order valence-corrected chi connectivity index (χ4v) is 2.30. The Morgan fingerprint density at radius 1 is 1.35 bits per heavy atom. The topological polar surface area (TPSA) is 26.3 Å². The van der Waals surface area contributed by atoms with Crippen molar-refractivity contribution >= 4 is 33.5 Å². The van der Waals surface area contributed by atoms with E-state index in [-0.39, 0.29) is 23.1 Å². The van der Waals surface area contributed by atoms with Gasteiger partial charge in [-0.1, -0.05) is 28.1 Å². The first-order valence-corrected chi connectivity index (χ1v) is 7.07. The van der Waals surface area contributed by atoms with Crippen molar-refractivity contribution in [1.82, 2.24) is 0 Å². The number of rotatable bonds is 6. The van der Waals surface area contributed by atoms with Gasteiger partial charge in [0.2, 0.25) is 0 Å². The summed E-state index contributed by atoms with van der Waals surface area (Å²) in [6.07, 6.45) is -0.301. The van der Waals surface area contributed by atoms with Crippen molar-refractivity contribution in [3.8, 4) is 5.75 Å². The number of benzene rings is 1. The molecule has 0 fully saturated rings. The molecule has 0 amide bonds. The fraction of sp³-hybridized carbons (Fsp3) is 0.364. The van der Waals surface area contributed by atoms with Crippen molar-refractivity contribution in [1.29, 1.82) is 0 Å². The molecule has 20 heavy (non-hydrogen) atoms. The third-order valence-corrected chi connectivity index (χ3v) is 3.56. The molecule has 0 N–H and O–H groups in total. The van der Waals surface area contributed by atoms with Gasteiger partial charge >= 0.3 is 12.1 Å². The predicted octanol–water partition coefficient (Wildman–Crippen LogP) is 4.41. The van der Waals surface area contributed by atoms with Crippen molar-refractivity contribution in [2.45, 2.75) is 23.4 Å². The predicted molar refractivity (Wildman–Crippen MR) is 67.5 cm³/mol. The average molecular weight is 379 g/mol. The van der Waals surface area contributed by atoms with E-state index in [2.05, 4.69) is 20.7 Å². The van der Waals surface area contributed by atoms with E-state index in [0.717, 1.165) is 6.07 Å². The van der Waals surface area contributed by atoms with E-state index in [1.165, 1.54) is 12.1 Å². The van der Waals surface area contributed by atoms with Gasteiger partial charge in [-0.05, 0) is 23.4 Å². The monoisotopic (exact) mass is 378 g/mol. The Hall–Kier alpha value is -0.830. The van der Waals surface area contributed by atoms with Crippen LogP contribution in [0.5, 0.6) is 5.75 Å². The number of alkyl halides is 6. The molecule has 112 valence electrons. The summed E-state index contributed by atoms with van der Waals surface area (Å²) in [6.45, 7) is -3.25. The molecule has 0 aliphatic heterocycles. The number of Topliss-reactive ketones (excluding diaryl/α,β-unsaturated/α-hetero) is 1. The van der Waals surface area contributed by atoms with Crippen LogP contribution < -0.4 is 4.74 Å². The average Bonchev–Trinajstić information content (AvgIpc) is 2.31. The molecule has 0 radical (unpaired) electrons. The van der Waals surface area contributed by atoms with Gasteiger partial charge in [-0.3, -0.25) is 4.79 Å². The first-order valence-electron chi connectivity index (χ1n) is 5.13. The lowest BCUT2D eigenvalue weighted by atomic mass is 10.1. The Labute approximate surface area is 123 Å². The van der Waals surface area contributed by atoms with Gasteiger partial charge < -0.3 is 4.74 Å². The summed E-state index contributed by atoms with van der Waals surface area (Å²) in [6, 6.07) is 3.53. The number of halogens is 6. The molecule has 1 aromatic carbocycles. The third kappa shape index (κ3) is 5.66. The summed E-state index contributed by atoms with van der Waals surface area (Å²) in [4.78, 5) is 10.8. The Balaban J connectivity index is 3.17. The smallest absolute Gasteiger partial charge is 0.434 e. The standard InChI is InChI=1S/C11H8BrF5O2S/c12-5-7(18)4-6-2-1-3-8(19-10(13)14)9(6)20-11(15,16)17/h1-3,10H,4-5H2. The quantitative estimate of drug-likeness (QED) is 0.416. The fourth-order valence-electron chi connectivity index (χ4n) is 1.38. The second-order valence-electron chi connectivity index (χ2n) is 3.52. The van der Waals surface area contributed by atoms with E-state index in [1.807, 2.05) is 0 Å². The summed E-state index contributed by atoms with van der Waals surface area (Å²) in [7, 11) is 0. The zero-order valence-electron chi connectivity index (χ0n) is 9.72. The van der Waals surface area contributed by atoms with Gasteiger partial charge in [0.25, 0.3) is 0 Å². The van der Waals surface area contributed by atoms with Crippen LogP contribution in [0.2, 0.25) is 0 Å². The molecule has 2 nitrogen and oxygen atoms in total. The second kappa shape index (κ2) is 7.26. The lowest BCUT2D eigenvalue weighted by Crippen LogP contribution is -2.10. The molecule has 0 bridgehead atoms. The maximum absolute atomic E-state index is 12.5. The zero-order valence-corrected chi connectivity index (χ0v) is 12.1. The number of carbonyl (C=O) groups is 1. The number of thioether (sulfide) groups is 1. The van der Waals surface area contributed by atoms with Crippen molar-refractivity contribution in [3.05, 3.63) is 23.8 Å². The second-order valence-corrected chi connectivity index (χ2v) is 5.16. The van der Waals surface area contributed by atoms with E-state index in [9.17, 15) is 26.7 Å². The summed E-state index contributed by atoms with van der Waals surface area (Å²) in [5.41, 5.74) is -4.68. The Kier molecular flexibility index (Phi) is 6.25. The van der Waals surface area contributed by atoms with Crippen LogP contribution in [0.15, 0.2) is 23.1 Å². The number of hydrogen-bond acceptors (Lipinski definition) is 3. The van der Waals surface area contributed by atoms with E-state index < -0.39 is 34.5 Å². The molecule has 0 saturated heterocycles. The summed E-state index contributed by atoms with van der Waals surface area (Å²) >= 11 is 2.31. The summed E-state index contributed by atoms with van der Waals surface area (Å²) < 4.78 is 65.9. The summed E-state index contributed by atoms with van der Waals surface area (Å²) in [5.74, 6) is -0.967. The Bertz CT molecular complexity index is 478. The van der Waals surface area contributed by atoms with Crippen LogP contribution in [0.3, 0.4) is 0 Å². The number of hydrogen-bond donors (Lipinski definition) is 0. The molecule has 9 heteroatoms. The van der Waals surface area contributed by atoms with Crippen LogP contribution in [0.25, 0.3) is 0 Å². The molecule has 0 aliphatic carbocycles. The van der Waals surface area contributed by atoms with Gasteiger partial charge in [0.15, 0.2) is 0 Å². The van der Waals surface area contributed by atoms with Crippen molar-refractivity contribution in [2.75, 3.05) is 5.33 Å². The highest BCUT2D eigenvalue weighted by molar-refractivity contribution is 9.09. The summed E-state index contributed by atoms with van der Waals surface area (Å²) in [5, 5.41) is -0.0386. The van der Waals surface area contributed by atoms with Crippen LogP contribution in [0.1, 0.15) is 5.56 Å². The molecule has 1 rings (SSSR count). The lowest BCUT2D eigenvalue weighted by molar-refractivity contribution is -0.115. The van der Waals surface area contributed by atoms with Gasteiger partial charge in [0, 0.05) is 6.42 Å². The van der Waals surface area contributed by atoms with Crippen LogP contribution in [-0.4, -0.2) is 23.2 Å². The maximum atomic E-state index is 12.5. The van der Waals surface area contributed by atoms with Gasteiger partial charge in [-0.15, -0.1) is 0 Å². The Morgan fingerprint density at radius 2 is 2.00 bits per heavy atom. The van der Waals surface area contributed by atoms with E-state index >= 15 is 0 Å². The zero-order chi connectivity index (χ0) is 15.3. The first-order chi connectivity index (χ1) is 9.23. The van der Waals surface area contributed by atoms with E-state index in [4.69, 9.17) is 0 Å². The molecule has 0 saturated carbocycles. The molecule has 0 aliphatic rings. The van der Waals surface area contributed by atoms with Gasteiger partial charge in [0.05, 0.1) is 10.2 Å². The minimum absolute atomic E-state index is 0.00470. The van der Waals surface area contributed by atoms with Crippen LogP contribution in [0, 0.1) is 0 Å². The van der Waals surface area contributed by atoms with Crippen molar-refractivity contribution in [2.24, 2.45) is 0 Å². The highest BCUT2D eigenvalue weighted by Crippen LogP contribution is 2.43. The number of ether oxygens (including phenoxy) is 1. The molecular weight excluding hydrogens is 371 g/mol. The van der Waals surface area contributed by atoms with Crippen LogP contribution >= 0.6 is 27.7 Å². The van der Waals surface area contributed by atoms with Gasteiger partial charge in [-0.2, -0.15) is 22.0 Å². The van der Waals surface area contributed by atoms with E-state index in [1.54, 1.807) is 0 Å². The van der Waals surface area contributed by atoms with E-state index in [0.29, 0.717) is 0 Å². The van der Waals surface area contributed by atoms with Crippen molar-refractivity contribution in [3.63, 3.8) is 0 Å². The Morgan fingerprint density at radius 3 is 2.50 bits per heavy atom. The molecule has 1 aromatic rings. The number of ketones is 1. The largest absolute Gasteiger partial charge is 0.446 e. The highest BCUT2D eigenvalue weighted by atomic mass is 79.9. The number of carbonyl (C=O) groups excluding carboxylic acids is 1. The van der Waals surface area contributed by atoms with Crippen molar-refractivity contribution < 1.29 is 31.5 Å². The molecular formula is C11H8BrF5O2S. The highest BCUT2D eigenvalue weighted by Gasteiger charge is 2.33. The van der Waals surface area contributed by atoms with Gasteiger partial charge in [0.1, 0.15) is 11.5 Å². The normalized spacial score (nSPS) is 11.8. The van der Waals surface area contributed by atoms with Gasteiger partial charge in [-0.25, -0.2) is 0 Å². The molecule has 0 heterocycles. The molecule has 0 atom stereocenters. The third-order valence-electron chi connectivity index (χ3n) is 2.03. The van der Waals surface area contributed by atoms with Crippen LogP contribution in [0.4, 0.5) is 22.0 Å². The van der Waals surface area contributed by atoms with Crippen LogP contribution in [-0.2, 0) is 11.2 Å². The first kappa shape index (κ1) is 17.2. The lowest BCUT2D eigenvalue weighted by Gasteiger charge is -2.15.